The molecule has 3 N–H and O–H groups in total. The van der Waals surface area contributed by atoms with E-state index in [1.54, 1.807) is 37.3 Å². The molecule has 0 aliphatic rings. The zero-order valence-corrected chi connectivity index (χ0v) is 14.7. The average Bonchev–Trinajstić information content (AvgIpc) is 3.02. The van der Waals surface area contributed by atoms with Crippen LogP contribution in [0.15, 0.2) is 42.5 Å². The third-order valence-electron chi connectivity index (χ3n) is 4.22. The molecule has 0 unspecified atom stereocenters. The molecule has 3 rings (SSSR count). The van der Waals surface area contributed by atoms with Crippen molar-refractivity contribution in [3.8, 4) is 0 Å². The van der Waals surface area contributed by atoms with Gasteiger partial charge in [-0.1, -0.05) is 23.4 Å². The van der Waals surface area contributed by atoms with Crippen molar-refractivity contribution in [2.24, 2.45) is 0 Å². The first-order valence-corrected chi connectivity index (χ1v) is 8.31. The van der Waals surface area contributed by atoms with E-state index in [1.165, 1.54) is 16.8 Å². The maximum absolute atomic E-state index is 13.3. The van der Waals surface area contributed by atoms with Crippen LogP contribution >= 0.6 is 0 Å². The van der Waals surface area contributed by atoms with Crippen molar-refractivity contribution in [1.29, 1.82) is 0 Å². The molecule has 0 bridgehead atoms. The predicted octanol–water partition coefficient (Wildman–Crippen LogP) is 2.01. The summed E-state index contributed by atoms with van der Waals surface area (Å²) in [5.74, 6) is -0.784. The fourth-order valence-electron chi connectivity index (χ4n) is 2.72. The van der Waals surface area contributed by atoms with Gasteiger partial charge in [0.1, 0.15) is 5.82 Å². The molecule has 0 atom stereocenters. The average molecular weight is 370 g/mol. The van der Waals surface area contributed by atoms with Crippen LogP contribution in [-0.4, -0.2) is 31.1 Å². The lowest BCUT2D eigenvalue weighted by atomic mass is 10.1. The molecule has 0 radical (unpaired) electrons. The second-order valence-corrected chi connectivity index (χ2v) is 6.06. The summed E-state index contributed by atoms with van der Waals surface area (Å²) in [7, 11) is 0. The van der Waals surface area contributed by atoms with Crippen LogP contribution in [-0.2, 0) is 19.8 Å². The van der Waals surface area contributed by atoms with E-state index in [4.69, 9.17) is 0 Å². The number of carbonyl (C=O) groups excluding carboxylic acids is 1. The summed E-state index contributed by atoms with van der Waals surface area (Å²) in [6, 6.07) is 11.0. The van der Waals surface area contributed by atoms with E-state index in [1.807, 2.05) is 0 Å². The number of aromatic nitrogens is 3. The maximum Gasteiger partial charge on any atom is 0.278 e. The number of hydrogen-bond acceptors (Lipinski definition) is 5. The highest BCUT2D eigenvalue weighted by atomic mass is 19.1. The van der Waals surface area contributed by atoms with Crippen LogP contribution < -0.4 is 5.32 Å². The number of rotatable bonds is 6. The first-order chi connectivity index (χ1) is 13.0. The molecule has 140 valence electrons. The molecule has 0 saturated carbocycles. The Bertz CT molecular complexity index is 971. The zero-order chi connectivity index (χ0) is 19.4. The Morgan fingerprint density at radius 3 is 2.63 bits per heavy atom. The van der Waals surface area contributed by atoms with Gasteiger partial charge in [-0.15, -0.1) is 5.10 Å². The highest BCUT2D eigenvalue weighted by Gasteiger charge is 2.17. The van der Waals surface area contributed by atoms with Crippen LogP contribution in [0.4, 0.5) is 10.1 Å². The number of carbonyl (C=O) groups is 1. The topological polar surface area (TPSA) is 100 Å². The first-order valence-electron chi connectivity index (χ1n) is 8.31. The van der Waals surface area contributed by atoms with Gasteiger partial charge >= 0.3 is 0 Å². The van der Waals surface area contributed by atoms with Gasteiger partial charge in [0.2, 0.25) is 0 Å². The van der Waals surface area contributed by atoms with Crippen molar-refractivity contribution in [1.82, 2.24) is 15.0 Å². The summed E-state index contributed by atoms with van der Waals surface area (Å²) < 4.78 is 14.8. The smallest absolute Gasteiger partial charge is 0.278 e. The molecule has 0 fully saturated rings. The van der Waals surface area contributed by atoms with E-state index in [0.29, 0.717) is 34.6 Å². The second kappa shape index (κ2) is 8.07. The SMILES string of the molecule is Cc1c(C(=O)Nc2ccc(CO)c(CO)c2)nnn1Cc1cccc(F)c1. The van der Waals surface area contributed by atoms with E-state index in [9.17, 15) is 19.4 Å². The van der Waals surface area contributed by atoms with Crippen LogP contribution in [0.2, 0.25) is 0 Å². The van der Waals surface area contributed by atoms with Crippen molar-refractivity contribution in [2.45, 2.75) is 26.7 Å². The van der Waals surface area contributed by atoms with Gasteiger partial charge in [0.25, 0.3) is 5.91 Å². The summed E-state index contributed by atoms with van der Waals surface area (Å²) in [6.45, 7) is 1.56. The standard InChI is InChI=1S/C19H19FN4O3/c1-12-18(22-23-24(12)9-13-3-2-4-16(20)7-13)19(27)21-17-6-5-14(10-25)15(8-17)11-26/h2-8,25-26H,9-11H2,1H3,(H,21,27). The number of aliphatic hydroxyl groups excluding tert-OH is 2. The van der Waals surface area contributed by atoms with Crippen molar-refractivity contribution >= 4 is 11.6 Å². The molecular weight excluding hydrogens is 351 g/mol. The number of nitrogens with zero attached hydrogens (tertiary/aromatic N) is 3. The molecule has 8 heteroatoms. The monoisotopic (exact) mass is 370 g/mol. The molecule has 1 aromatic heterocycles. The number of benzene rings is 2. The Labute approximate surface area is 155 Å². The Hall–Kier alpha value is -3.10. The summed E-state index contributed by atoms with van der Waals surface area (Å²) >= 11 is 0. The van der Waals surface area contributed by atoms with Gasteiger partial charge in [0.15, 0.2) is 5.69 Å². The van der Waals surface area contributed by atoms with Gasteiger partial charge in [0, 0.05) is 5.69 Å². The molecule has 2 aromatic carbocycles. The molecule has 1 amide bonds. The zero-order valence-electron chi connectivity index (χ0n) is 14.7. The Kier molecular flexibility index (Phi) is 5.58. The Balaban J connectivity index is 1.77. The maximum atomic E-state index is 13.3. The van der Waals surface area contributed by atoms with Crippen molar-refractivity contribution in [3.63, 3.8) is 0 Å². The summed E-state index contributed by atoms with van der Waals surface area (Å²) in [5.41, 5.74) is 3.01. The van der Waals surface area contributed by atoms with E-state index < -0.39 is 5.91 Å². The molecular formula is C19H19FN4O3. The van der Waals surface area contributed by atoms with E-state index in [-0.39, 0.29) is 24.7 Å². The lowest BCUT2D eigenvalue weighted by Crippen LogP contribution is -2.15. The highest BCUT2D eigenvalue weighted by Crippen LogP contribution is 2.18. The molecule has 0 saturated heterocycles. The summed E-state index contributed by atoms with van der Waals surface area (Å²) in [6.07, 6.45) is 0. The number of halogens is 1. The molecule has 3 aromatic rings. The number of nitrogens with one attached hydrogen (secondary N) is 1. The highest BCUT2D eigenvalue weighted by molar-refractivity contribution is 6.03. The lowest BCUT2D eigenvalue weighted by Gasteiger charge is -2.09. The number of amides is 1. The van der Waals surface area contributed by atoms with Crippen LogP contribution in [0.5, 0.6) is 0 Å². The van der Waals surface area contributed by atoms with E-state index in [0.717, 1.165) is 0 Å². The van der Waals surface area contributed by atoms with E-state index in [2.05, 4.69) is 15.6 Å². The van der Waals surface area contributed by atoms with Crippen molar-refractivity contribution < 1.29 is 19.4 Å². The van der Waals surface area contributed by atoms with Gasteiger partial charge in [-0.05, 0) is 47.9 Å². The largest absolute Gasteiger partial charge is 0.392 e. The van der Waals surface area contributed by atoms with Gasteiger partial charge < -0.3 is 15.5 Å². The fourth-order valence-corrected chi connectivity index (χ4v) is 2.72. The van der Waals surface area contributed by atoms with Crippen molar-refractivity contribution in [3.05, 3.63) is 76.4 Å². The molecule has 27 heavy (non-hydrogen) atoms. The number of hydrogen-bond donors (Lipinski definition) is 3. The summed E-state index contributed by atoms with van der Waals surface area (Å²) in [5, 5.41) is 29.2. The molecule has 0 spiro atoms. The van der Waals surface area contributed by atoms with Crippen LogP contribution in [0.1, 0.15) is 32.9 Å². The predicted molar refractivity (Wildman–Crippen MR) is 96.5 cm³/mol. The van der Waals surface area contributed by atoms with Crippen molar-refractivity contribution in [2.75, 3.05) is 5.32 Å². The van der Waals surface area contributed by atoms with Gasteiger partial charge in [-0.25, -0.2) is 9.07 Å². The van der Waals surface area contributed by atoms with Crippen LogP contribution in [0.3, 0.4) is 0 Å². The third kappa shape index (κ3) is 4.18. The van der Waals surface area contributed by atoms with Gasteiger partial charge in [-0.2, -0.15) is 0 Å². The van der Waals surface area contributed by atoms with E-state index >= 15 is 0 Å². The second-order valence-electron chi connectivity index (χ2n) is 6.06. The summed E-state index contributed by atoms with van der Waals surface area (Å²) in [4.78, 5) is 12.5. The van der Waals surface area contributed by atoms with Crippen LogP contribution in [0.25, 0.3) is 0 Å². The number of anilines is 1. The minimum atomic E-state index is -0.446. The molecule has 1 heterocycles. The quantitative estimate of drug-likeness (QED) is 0.616. The normalized spacial score (nSPS) is 10.8. The lowest BCUT2D eigenvalue weighted by molar-refractivity contribution is 0.102. The minimum Gasteiger partial charge on any atom is -0.392 e. The Morgan fingerprint density at radius 1 is 1.15 bits per heavy atom. The third-order valence-corrected chi connectivity index (χ3v) is 4.22. The molecule has 7 nitrogen and oxygen atoms in total. The molecule has 0 aliphatic carbocycles. The minimum absolute atomic E-state index is 0.156. The van der Waals surface area contributed by atoms with Gasteiger partial charge in [0.05, 0.1) is 25.5 Å². The number of aliphatic hydroxyl groups is 2. The first kappa shape index (κ1) is 18.7. The fraction of sp³-hybridized carbons (Fsp3) is 0.211. The Morgan fingerprint density at radius 2 is 1.93 bits per heavy atom. The van der Waals surface area contributed by atoms with Crippen LogP contribution in [0, 0.1) is 12.7 Å². The van der Waals surface area contributed by atoms with Gasteiger partial charge in [-0.3, -0.25) is 4.79 Å². The molecule has 0 aliphatic heterocycles.